The highest BCUT2D eigenvalue weighted by Crippen LogP contribution is 2.41. The Kier molecular flexibility index (Phi) is 8.63. The van der Waals surface area contributed by atoms with Crippen molar-refractivity contribution in [1.82, 2.24) is 14.8 Å². The summed E-state index contributed by atoms with van der Waals surface area (Å²) < 4.78 is 39.1. The van der Waals surface area contributed by atoms with Gasteiger partial charge in [-0.2, -0.15) is 0 Å². The first-order chi connectivity index (χ1) is 18.9. The number of carbonyl (C=O) groups is 2. The summed E-state index contributed by atoms with van der Waals surface area (Å²) >= 11 is 0. The highest BCUT2D eigenvalue weighted by Gasteiger charge is 2.38. The lowest BCUT2D eigenvalue weighted by atomic mass is 9.81. The van der Waals surface area contributed by atoms with Gasteiger partial charge < -0.3 is 24.3 Å². The number of nitrogens with one attached hydrogen (secondary N) is 1. The third kappa shape index (κ3) is 6.04. The summed E-state index contributed by atoms with van der Waals surface area (Å²) in [6, 6.07) is 8.79. The number of hydrogen-bond donors (Lipinski definition) is 1. The molecule has 3 aromatic rings. The molecule has 0 atom stereocenters. The highest BCUT2D eigenvalue weighted by molar-refractivity contribution is 6.18. The molecule has 9 heteroatoms. The molecule has 0 fully saturated rings. The third-order valence-corrected chi connectivity index (χ3v) is 7.13. The molecule has 214 valence electrons. The molecule has 0 saturated carbocycles. The summed E-state index contributed by atoms with van der Waals surface area (Å²) in [6.07, 6.45) is 1.05. The Morgan fingerprint density at radius 1 is 1.07 bits per heavy atom. The van der Waals surface area contributed by atoms with Gasteiger partial charge >= 0.3 is 5.97 Å². The van der Waals surface area contributed by atoms with Gasteiger partial charge in [-0.05, 0) is 62.8 Å². The second-order valence-corrected chi connectivity index (χ2v) is 10.9. The Bertz CT molecular complexity index is 1440. The van der Waals surface area contributed by atoms with Crippen molar-refractivity contribution < 1.29 is 27.8 Å². The van der Waals surface area contributed by atoms with Crippen LogP contribution in [-0.2, 0) is 14.9 Å². The average Bonchev–Trinajstić information content (AvgIpc) is 3.23. The van der Waals surface area contributed by atoms with E-state index >= 15 is 0 Å². The predicted molar refractivity (Wildman–Crippen MR) is 151 cm³/mol. The molecule has 1 aromatic heterocycles. The van der Waals surface area contributed by atoms with E-state index in [9.17, 15) is 18.4 Å². The maximum atomic E-state index is 14.0. The number of fused-ring (bicyclic) bond motifs is 3. The molecule has 1 N–H and O–H groups in total. The van der Waals surface area contributed by atoms with E-state index in [1.807, 2.05) is 32.0 Å². The molecule has 2 aromatic carbocycles. The van der Waals surface area contributed by atoms with Crippen LogP contribution in [0.25, 0.3) is 16.5 Å². The molecular weight excluding hydrogens is 516 g/mol. The summed E-state index contributed by atoms with van der Waals surface area (Å²) in [4.78, 5) is 33.9. The molecule has 1 aliphatic heterocycles. The van der Waals surface area contributed by atoms with Crippen LogP contribution in [0, 0.1) is 11.6 Å². The Balaban J connectivity index is 1.77. The van der Waals surface area contributed by atoms with Crippen molar-refractivity contribution in [3.63, 3.8) is 0 Å². The Morgan fingerprint density at radius 2 is 1.80 bits per heavy atom. The smallest absolute Gasteiger partial charge is 0.342 e. The maximum Gasteiger partial charge on any atom is 0.342 e. The van der Waals surface area contributed by atoms with Crippen LogP contribution < -0.4 is 4.74 Å². The molecule has 1 amide bonds. The quantitative estimate of drug-likeness (QED) is 0.335. The van der Waals surface area contributed by atoms with Gasteiger partial charge in [-0.25, -0.2) is 13.6 Å². The van der Waals surface area contributed by atoms with E-state index < -0.39 is 35.0 Å². The van der Waals surface area contributed by atoms with Gasteiger partial charge in [-0.15, -0.1) is 0 Å². The van der Waals surface area contributed by atoms with Gasteiger partial charge in [-0.1, -0.05) is 27.7 Å². The van der Waals surface area contributed by atoms with Crippen LogP contribution in [0.5, 0.6) is 5.75 Å². The van der Waals surface area contributed by atoms with Crippen LogP contribution >= 0.6 is 0 Å². The standard InChI is InChI=1S/C31H37F2N3O4/c1-7-35(8-2)13-14-39-21-10-11-22-26(16-21)34-28-23(30(38)40-19(3)4)17-36(18-31(5,6)27(22)28)29(37)20-9-12-24(32)25(33)15-20/h9-12,15-17,19,34H,7-8,13-14,18H2,1-6H3. The second kappa shape index (κ2) is 11.8. The van der Waals surface area contributed by atoms with E-state index in [1.54, 1.807) is 13.8 Å². The number of carbonyl (C=O) groups excluding carboxylic acids is 2. The average molecular weight is 554 g/mol. The van der Waals surface area contributed by atoms with Gasteiger partial charge in [0, 0.05) is 47.2 Å². The number of halogens is 2. The number of benzene rings is 2. The fourth-order valence-corrected chi connectivity index (χ4v) is 5.13. The van der Waals surface area contributed by atoms with Gasteiger partial charge in [0.05, 0.1) is 17.4 Å². The van der Waals surface area contributed by atoms with Crippen molar-refractivity contribution in [1.29, 1.82) is 0 Å². The minimum Gasteiger partial charge on any atom is -0.492 e. The zero-order valence-corrected chi connectivity index (χ0v) is 23.9. The molecule has 0 radical (unpaired) electrons. The van der Waals surface area contributed by atoms with Crippen LogP contribution in [0.3, 0.4) is 0 Å². The summed E-state index contributed by atoms with van der Waals surface area (Å²) in [5, 5.41) is 0.890. The van der Waals surface area contributed by atoms with E-state index in [1.165, 1.54) is 17.2 Å². The molecule has 0 bridgehead atoms. The third-order valence-electron chi connectivity index (χ3n) is 7.13. The summed E-state index contributed by atoms with van der Waals surface area (Å²) in [5.74, 6) is -2.60. The Labute approximate surface area is 233 Å². The summed E-state index contributed by atoms with van der Waals surface area (Å²) in [5.41, 5.74) is 1.71. The largest absolute Gasteiger partial charge is 0.492 e. The van der Waals surface area contributed by atoms with Crippen LogP contribution in [0.15, 0.2) is 42.6 Å². The van der Waals surface area contributed by atoms with E-state index in [2.05, 4.69) is 23.7 Å². The van der Waals surface area contributed by atoms with Crippen molar-refractivity contribution in [2.24, 2.45) is 0 Å². The first-order valence-corrected chi connectivity index (χ1v) is 13.7. The minimum absolute atomic E-state index is 0.0237. The summed E-state index contributed by atoms with van der Waals surface area (Å²) in [6.45, 7) is 15.1. The molecule has 40 heavy (non-hydrogen) atoms. The molecule has 0 unspecified atom stereocenters. The Hall–Kier alpha value is -3.72. The van der Waals surface area contributed by atoms with Gasteiger partial charge in [0.2, 0.25) is 0 Å². The number of rotatable bonds is 9. The number of amides is 1. The molecule has 7 nitrogen and oxygen atoms in total. The number of esters is 1. The fourth-order valence-electron chi connectivity index (χ4n) is 5.13. The second-order valence-electron chi connectivity index (χ2n) is 10.9. The zero-order chi connectivity index (χ0) is 29.2. The van der Waals surface area contributed by atoms with Crippen molar-refractivity contribution in [3.05, 3.63) is 71.1 Å². The molecule has 2 heterocycles. The lowest BCUT2D eigenvalue weighted by Crippen LogP contribution is -2.37. The maximum absolute atomic E-state index is 14.0. The van der Waals surface area contributed by atoms with Crippen LogP contribution in [0.2, 0.25) is 0 Å². The number of H-pyrrole nitrogens is 1. The van der Waals surface area contributed by atoms with E-state index in [0.29, 0.717) is 18.1 Å². The Morgan fingerprint density at radius 3 is 2.45 bits per heavy atom. The van der Waals surface area contributed by atoms with E-state index in [-0.39, 0.29) is 17.7 Å². The molecular formula is C31H37F2N3O4. The normalized spacial score (nSPS) is 14.8. The first kappa shape index (κ1) is 29.3. The van der Waals surface area contributed by atoms with Crippen LogP contribution in [0.1, 0.15) is 63.2 Å². The van der Waals surface area contributed by atoms with Crippen molar-refractivity contribution in [3.8, 4) is 5.75 Å². The van der Waals surface area contributed by atoms with Gasteiger partial charge in [0.25, 0.3) is 5.91 Å². The van der Waals surface area contributed by atoms with E-state index in [0.717, 1.165) is 48.2 Å². The lowest BCUT2D eigenvalue weighted by Gasteiger charge is -2.29. The first-order valence-electron chi connectivity index (χ1n) is 13.7. The van der Waals surface area contributed by atoms with Crippen molar-refractivity contribution >= 4 is 28.4 Å². The zero-order valence-electron chi connectivity index (χ0n) is 23.9. The van der Waals surface area contributed by atoms with Crippen molar-refractivity contribution in [2.45, 2.75) is 53.1 Å². The molecule has 4 rings (SSSR count). The molecule has 0 spiro atoms. The fraction of sp³-hybridized carbons (Fsp3) is 0.419. The highest BCUT2D eigenvalue weighted by atomic mass is 19.2. The number of likely N-dealkylation sites (N-methyl/N-ethyl adjacent to an activating group) is 1. The number of aromatic nitrogens is 1. The molecule has 1 aliphatic rings. The van der Waals surface area contributed by atoms with Gasteiger partial charge in [0.1, 0.15) is 12.4 Å². The van der Waals surface area contributed by atoms with Crippen molar-refractivity contribution in [2.75, 3.05) is 32.8 Å². The summed E-state index contributed by atoms with van der Waals surface area (Å²) in [7, 11) is 0. The number of ether oxygens (including phenoxy) is 2. The lowest BCUT2D eigenvalue weighted by molar-refractivity contribution is -0.140. The van der Waals surface area contributed by atoms with E-state index in [4.69, 9.17) is 9.47 Å². The number of hydrogen-bond acceptors (Lipinski definition) is 5. The predicted octanol–water partition coefficient (Wildman–Crippen LogP) is 5.89. The molecule has 0 saturated heterocycles. The topological polar surface area (TPSA) is 74.9 Å². The monoisotopic (exact) mass is 553 g/mol. The van der Waals surface area contributed by atoms with Gasteiger partial charge in [0.15, 0.2) is 11.6 Å². The number of nitrogens with zero attached hydrogens (tertiary/aromatic N) is 2. The minimum atomic E-state index is -1.12. The van der Waals surface area contributed by atoms with Crippen LogP contribution in [-0.4, -0.2) is 65.6 Å². The van der Waals surface area contributed by atoms with Gasteiger partial charge in [-0.3, -0.25) is 4.79 Å². The van der Waals surface area contributed by atoms with Crippen LogP contribution in [0.4, 0.5) is 8.78 Å². The molecule has 0 aliphatic carbocycles. The SMILES string of the molecule is CCN(CC)CCOc1ccc2c3c([nH]c2c1)C(C(=O)OC(C)C)=CN(C(=O)c1ccc(F)c(F)c1)CC3(C)C. The number of aromatic amines is 1.